The Balaban J connectivity index is 2.67. The van der Waals surface area contributed by atoms with Crippen molar-refractivity contribution in [3.8, 4) is 0 Å². The smallest absolute Gasteiger partial charge is 0.337 e. The van der Waals surface area contributed by atoms with Crippen LogP contribution in [0.1, 0.15) is 47.1 Å². The number of fused-ring (bicyclic) bond motifs is 1. The van der Waals surface area contributed by atoms with E-state index in [0.717, 1.165) is 24.2 Å². The second kappa shape index (κ2) is 4.86. The van der Waals surface area contributed by atoms with Gasteiger partial charge in [0.15, 0.2) is 0 Å². The second-order valence-electron chi connectivity index (χ2n) is 5.06. The number of carboxylic acids is 1. The van der Waals surface area contributed by atoms with Gasteiger partial charge < -0.3 is 10.0 Å². The van der Waals surface area contributed by atoms with Crippen LogP contribution >= 0.6 is 11.6 Å². The van der Waals surface area contributed by atoms with Crippen molar-refractivity contribution < 1.29 is 9.90 Å². The van der Waals surface area contributed by atoms with Gasteiger partial charge in [-0.25, -0.2) is 4.79 Å². The lowest BCUT2D eigenvalue weighted by Gasteiger charge is -2.27. The molecule has 0 fully saturated rings. The van der Waals surface area contributed by atoms with E-state index in [-0.39, 0.29) is 11.5 Å². The molecular weight excluding hydrogens is 252 g/mol. The fourth-order valence-electron chi connectivity index (χ4n) is 2.30. The van der Waals surface area contributed by atoms with Crippen molar-refractivity contribution in [1.29, 1.82) is 0 Å². The molecule has 0 unspecified atom stereocenters. The third-order valence-electron chi connectivity index (χ3n) is 3.27. The molecule has 1 aliphatic heterocycles. The first-order valence-electron chi connectivity index (χ1n) is 6.04. The normalized spacial score (nSPS) is 15.8. The van der Waals surface area contributed by atoms with Gasteiger partial charge >= 0.3 is 5.97 Å². The molecule has 0 radical (unpaired) electrons. The molecule has 0 aromatic carbocycles. The SMILES string of the molecule is CC(C)c1nc2c(c(C(=O)O)c1Cl)CN(C)CC2. The number of pyridine rings is 1. The number of aromatic nitrogens is 1. The van der Waals surface area contributed by atoms with Gasteiger partial charge in [0, 0.05) is 30.8 Å². The van der Waals surface area contributed by atoms with Crippen LogP contribution < -0.4 is 0 Å². The van der Waals surface area contributed by atoms with E-state index in [0.29, 0.717) is 17.3 Å². The summed E-state index contributed by atoms with van der Waals surface area (Å²) in [6.07, 6.45) is 0.781. The van der Waals surface area contributed by atoms with Crippen LogP contribution in [0.25, 0.3) is 0 Å². The maximum absolute atomic E-state index is 11.4. The van der Waals surface area contributed by atoms with Crippen molar-refractivity contribution in [3.63, 3.8) is 0 Å². The molecule has 98 valence electrons. The van der Waals surface area contributed by atoms with Gasteiger partial charge in [-0.3, -0.25) is 4.98 Å². The summed E-state index contributed by atoms with van der Waals surface area (Å²) in [4.78, 5) is 18.1. The quantitative estimate of drug-likeness (QED) is 0.896. The van der Waals surface area contributed by atoms with Gasteiger partial charge in [-0.05, 0) is 13.0 Å². The lowest BCUT2D eigenvalue weighted by Crippen LogP contribution is -2.30. The lowest BCUT2D eigenvalue weighted by atomic mass is 9.96. The maximum atomic E-state index is 11.4. The molecule has 1 aromatic heterocycles. The summed E-state index contributed by atoms with van der Waals surface area (Å²) in [7, 11) is 1.97. The predicted molar refractivity (Wildman–Crippen MR) is 70.3 cm³/mol. The minimum Gasteiger partial charge on any atom is -0.478 e. The molecule has 5 heteroatoms. The van der Waals surface area contributed by atoms with Crippen LogP contribution in [0.3, 0.4) is 0 Å². The van der Waals surface area contributed by atoms with E-state index >= 15 is 0 Å². The Morgan fingerprint density at radius 2 is 2.17 bits per heavy atom. The number of hydrogen-bond acceptors (Lipinski definition) is 3. The number of halogens is 1. The van der Waals surface area contributed by atoms with E-state index in [9.17, 15) is 9.90 Å². The highest BCUT2D eigenvalue weighted by Crippen LogP contribution is 2.32. The summed E-state index contributed by atoms with van der Waals surface area (Å²) in [6, 6.07) is 0. The summed E-state index contributed by atoms with van der Waals surface area (Å²) in [5, 5.41) is 9.68. The summed E-state index contributed by atoms with van der Waals surface area (Å²) >= 11 is 6.22. The number of likely N-dealkylation sites (N-methyl/N-ethyl adjacent to an activating group) is 1. The Morgan fingerprint density at radius 1 is 1.50 bits per heavy atom. The summed E-state index contributed by atoms with van der Waals surface area (Å²) in [6.45, 7) is 5.45. The predicted octanol–water partition coefficient (Wildman–Crippen LogP) is 2.54. The number of hydrogen-bond donors (Lipinski definition) is 1. The summed E-state index contributed by atoms with van der Waals surface area (Å²) in [5.41, 5.74) is 2.58. The van der Waals surface area contributed by atoms with Gasteiger partial charge in [-0.1, -0.05) is 25.4 Å². The molecule has 1 N–H and O–H groups in total. The average Bonchev–Trinajstić information content (AvgIpc) is 2.26. The topological polar surface area (TPSA) is 53.4 Å². The zero-order chi connectivity index (χ0) is 13.4. The van der Waals surface area contributed by atoms with E-state index in [2.05, 4.69) is 9.88 Å². The van der Waals surface area contributed by atoms with Crippen LogP contribution in [-0.4, -0.2) is 34.6 Å². The lowest BCUT2D eigenvalue weighted by molar-refractivity contribution is 0.0694. The van der Waals surface area contributed by atoms with Crippen LogP contribution in [0.2, 0.25) is 5.02 Å². The fourth-order valence-corrected chi connectivity index (χ4v) is 2.75. The number of rotatable bonds is 2. The van der Waals surface area contributed by atoms with Gasteiger partial charge in [0.2, 0.25) is 0 Å². The largest absolute Gasteiger partial charge is 0.478 e. The molecule has 2 heterocycles. The van der Waals surface area contributed by atoms with Crippen molar-refractivity contribution in [2.24, 2.45) is 0 Å². The summed E-state index contributed by atoms with van der Waals surface area (Å²) in [5.74, 6) is -0.837. The third-order valence-corrected chi connectivity index (χ3v) is 3.65. The van der Waals surface area contributed by atoms with Gasteiger partial charge in [0.1, 0.15) is 0 Å². The van der Waals surface area contributed by atoms with Crippen molar-refractivity contribution in [3.05, 3.63) is 27.5 Å². The molecule has 0 aliphatic carbocycles. The van der Waals surface area contributed by atoms with Crippen molar-refractivity contribution in [1.82, 2.24) is 9.88 Å². The molecule has 0 saturated carbocycles. The number of aromatic carboxylic acids is 1. The van der Waals surface area contributed by atoms with Gasteiger partial charge in [-0.15, -0.1) is 0 Å². The van der Waals surface area contributed by atoms with Gasteiger partial charge in [0.25, 0.3) is 0 Å². The Labute approximate surface area is 112 Å². The molecule has 2 rings (SSSR count). The van der Waals surface area contributed by atoms with Crippen LogP contribution in [0.5, 0.6) is 0 Å². The molecular formula is C13H17ClN2O2. The van der Waals surface area contributed by atoms with Crippen LogP contribution in [0.4, 0.5) is 0 Å². The molecule has 0 amide bonds. The highest BCUT2D eigenvalue weighted by molar-refractivity contribution is 6.34. The minimum atomic E-state index is -0.962. The number of carbonyl (C=O) groups is 1. The first-order chi connectivity index (χ1) is 8.41. The first kappa shape index (κ1) is 13.3. The molecule has 0 atom stereocenters. The zero-order valence-electron chi connectivity index (χ0n) is 10.8. The van der Waals surface area contributed by atoms with E-state index in [1.54, 1.807) is 0 Å². The van der Waals surface area contributed by atoms with Crippen LogP contribution in [-0.2, 0) is 13.0 Å². The number of nitrogens with zero attached hydrogens (tertiary/aromatic N) is 2. The van der Waals surface area contributed by atoms with Gasteiger partial charge in [0.05, 0.1) is 16.3 Å². The first-order valence-corrected chi connectivity index (χ1v) is 6.42. The monoisotopic (exact) mass is 268 g/mol. The molecule has 1 aliphatic rings. The fraction of sp³-hybridized carbons (Fsp3) is 0.538. The third kappa shape index (κ3) is 2.22. The zero-order valence-corrected chi connectivity index (χ0v) is 11.6. The van der Waals surface area contributed by atoms with Crippen LogP contribution in [0.15, 0.2) is 0 Å². The average molecular weight is 269 g/mol. The van der Waals surface area contributed by atoms with E-state index in [4.69, 9.17) is 11.6 Å². The molecule has 0 spiro atoms. The highest BCUT2D eigenvalue weighted by atomic mass is 35.5. The number of carboxylic acid groups (broad SMARTS) is 1. The maximum Gasteiger partial charge on any atom is 0.337 e. The Bertz CT molecular complexity index is 500. The van der Waals surface area contributed by atoms with Crippen LogP contribution in [0, 0.1) is 0 Å². The van der Waals surface area contributed by atoms with E-state index < -0.39 is 5.97 Å². The van der Waals surface area contributed by atoms with Crippen molar-refractivity contribution in [2.45, 2.75) is 32.7 Å². The standard InChI is InChI=1S/C13H17ClN2O2/c1-7(2)12-11(14)10(13(17)18)8-6-16(3)5-4-9(8)15-12/h7H,4-6H2,1-3H3,(H,17,18). The van der Waals surface area contributed by atoms with E-state index in [1.807, 2.05) is 20.9 Å². The summed E-state index contributed by atoms with van der Waals surface area (Å²) < 4.78 is 0. The Morgan fingerprint density at radius 3 is 2.72 bits per heavy atom. The molecule has 4 nitrogen and oxygen atoms in total. The van der Waals surface area contributed by atoms with Crippen molar-refractivity contribution >= 4 is 17.6 Å². The Hall–Kier alpha value is -1.13. The minimum absolute atomic E-state index is 0.126. The molecule has 18 heavy (non-hydrogen) atoms. The Kier molecular flexibility index (Phi) is 3.59. The van der Waals surface area contributed by atoms with Crippen molar-refractivity contribution in [2.75, 3.05) is 13.6 Å². The van der Waals surface area contributed by atoms with Gasteiger partial charge in [-0.2, -0.15) is 0 Å². The second-order valence-corrected chi connectivity index (χ2v) is 5.44. The molecule has 0 bridgehead atoms. The molecule has 0 saturated heterocycles. The van der Waals surface area contributed by atoms with E-state index in [1.165, 1.54) is 0 Å². The molecule has 1 aromatic rings. The highest BCUT2D eigenvalue weighted by Gasteiger charge is 2.27.